The van der Waals surface area contributed by atoms with E-state index in [1.807, 2.05) is 0 Å². The van der Waals surface area contributed by atoms with Crippen molar-refractivity contribution in [2.45, 2.75) is 36.7 Å². The molecule has 3 aromatic rings. The number of methoxy groups -OCH3 is 2. The molecule has 222 valence electrons. The molecule has 1 aromatic heterocycles. The van der Waals surface area contributed by atoms with E-state index >= 15 is 0 Å². The van der Waals surface area contributed by atoms with Crippen molar-refractivity contribution in [3.05, 3.63) is 71.5 Å². The fraction of sp³-hybridized carbons (Fsp3) is 0.310. The maximum absolute atomic E-state index is 14.4. The number of nitrogens with two attached hydrogens (primary N) is 1. The Bertz CT molecular complexity index is 1630. The van der Waals surface area contributed by atoms with Gasteiger partial charge in [0.05, 0.1) is 25.2 Å². The van der Waals surface area contributed by atoms with Crippen molar-refractivity contribution in [2.24, 2.45) is 5.73 Å². The molecule has 2 atom stereocenters. The average molecular weight is 596 g/mol. The van der Waals surface area contributed by atoms with Crippen molar-refractivity contribution in [1.29, 1.82) is 0 Å². The quantitative estimate of drug-likeness (QED) is 0.319. The number of hydrogen-bond donors (Lipinski definition) is 3. The number of likely N-dealkylation sites (tertiary alicyclic amines) is 1. The smallest absolute Gasteiger partial charge is 0.267 e. The summed E-state index contributed by atoms with van der Waals surface area (Å²) in [5.41, 5.74) is 7.24. The van der Waals surface area contributed by atoms with E-state index < -0.39 is 27.8 Å². The standard InChI is InChI=1S/C29H33N5O7S/c1-17(35)32-19-8-10-26(42(4,38)39)21(15-19)23-6-5-13-34(23)29(37)27(18-7-9-24(40-2)25(14-18)41-3)33-20-11-12-31-22(16-20)28(30)36/h7-12,14-16,23,27H,5-6,13H2,1-4H3,(H2,30,36)(H,31,33)(H,32,35)/t23-,27-/m1/s1. The highest BCUT2D eigenvalue weighted by Gasteiger charge is 2.37. The van der Waals surface area contributed by atoms with E-state index in [0.29, 0.717) is 53.4 Å². The summed E-state index contributed by atoms with van der Waals surface area (Å²) in [6.07, 6.45) is 3.66. The second kappa shape index (κ2) is 12.5. The van der Waals surface area contributed by atoms with Crippen LogP contribution in [0.25, 0.3) is 0 Å². The molecule has 4 N–H and O–H groups in total. The van der Waals surface area contributed by atoms with Crippen molar-refractivity contribution in [2.75, 3.05) is 37.7 Å². The van der Waals surface area contributed by atoms with Gasteiger partial charge in [0.25, 0.3) is 5.91 Å². The first-order valence-electron chi connectivity index (χ1n) is 13.1. The Morgan fingerprint density at radius 3 is 2.40 bits per heavy atom. The first-order chi connectivity index (χ1) is 19.9. The summed E-state index contributed by atoms with van der Waals surface area (Å²) in [6, 6.07) is 11.1. The molecular weight excluding hydrogens is 562 g/mol. The van der Waals surface area contributed by atoms with E-state index in [4.69, 9.17) is 15.2 Å². The molecule has 12 nitrogen and oxygen atoms in total. The van der Waals surface area contributed by atoms with Gasteiger partial charge in [0, 0.05) is 37.3 Å². The molecule has 2 heterocycles. The van der Waals surface area contributed by atoms with Gasteiger partial charge in [0.2, 0.25) is 11.8 Å². The van der Waals surface area contributed by atoms with Crippen LogP contribution >= 0.6 is 0 Å². The summed E-state index contributed by atoms with van der Waals surface area (Å²) in [7, 11) is -0.674. The molecule has 1 aliphatic rings. The Morgan fingerprint density at radius 2 is 1.76 bits per heavy atom. The predicted molar refractivity (Wildman–Crippen MR) is 156 cm³/mol. The highest BCUT2D eigenvalue weighted by molar-refractivity contribution is 7.90. The zero-order valence-corrected chi connectivity index (χ0v) is 24.5. The summed E-state index contributed by atoms with van der Waals surface area (Å²) in [4.78, 5) is 43.6. The number of pyridine rings is 1. The number of nitrogens with zero attached hydrogens (tertiary/aromatic N) is 2. The summed E-state index contributed by atoms with van der Waals surface area (Å²) in [5.74, 6) is -0.495. The minimum atomic E-state index is -3.66. The minimum absolute atomic E-state index is 0.0186. The Morgan fingerprint density at radius 1 is 1.02 bits per heavy atom. The molecule has 0 spiro atoms. The number of ether oxygens (including phenoxy) is 2. The van der Waals surface area contributed by atoms with Crippen LogP contribution in [0.1, 0.15) is 53.5 Å². The lowest BCUT2D eigenvalue weighted by atomic mass is 10.0. The van der Waals surface area contributed by atoms with Crippen molar-refractivity contribution >= 4 is 38.9 Å². The monoisotopic (exact) mass is 595 g/mol. The molecule has 0 aliphatic carbocycles. The molecule has 4 rings (SSSR count). The number of anilines is 2. The summed E-state index contributed by atoms with van der Waals surface area (Å²) < 4.78 is 36.4. The molecular formula is C29H33N5O7S. The maximum atomic E-state index is 14.4. The van der Waals surface area contributed by atoms with Crippen LogP contribution in [0.15, 0.2) is 59.6 Å². The van der Waals surface area contributed by atoms with Gasteiger partial charge >= 0.3 is 0 Å². The number of benzene rings is 2. The van der Waals surface area contributed by atoms with Crippen LogP contribution in [-0.2, 0) is 19.4 Å². The Kier molecular flexibility index (Phi) is 9.00. The van der Waals surface area contributed by atoms with Gasteiger partial charge in [0.1, 0.15) is 11.7 Å². The number of amides is 3. The van der Waals surface area contributed by atoms with Gasteiger partial charge in [-0.1, -0.05) is 6.07 Å². The van der Waals surface area contributed by atoms with Crippen molar-refractivity contribution in [3.8, 4) is 11.5 Å². The molecule has 2 aromatic carbocycles. The van der Waals surface area contributed by atoms with Crippen LogP contribution in [0, 0.1) is 0 Å². The van der Waals surface area contributed by atoms with Gasteiger partial charge in [-0.2, -0.15) is 0 Å². The number of carbonyl (C=O) groups is 3. The predicted octanol–water partition coefficient (Wildman–Crippen LogP) is 3.08. The van der Waals surface area contributed by atoms with Gasteiger partial charge in [0.15, 0.2) is 21.3 Å². The number of carbonyl (C=O) groups excluding carboxylic acids is 3. The Balaban J connectivity index is 1.80. The lowest BCUT2D eigenvalue weighted by Crippen LogP contribution is -2.38. The Labute approximate surface area is 244 Å². The molecule has 0 bridgehead atoms. The van der Waals surface area contributed by atoms with Gasteiger partial charge in [-0.25, -0.2) is 8.42 Å². The van der Waals surface area contributed by atoms with E-state index in [1.54, 1.807) is 35.2 Å². The number of primary amides is 1. The van der Waals surface area contributed by atoms with Gasteiger partial charge in [-0.15, -0.1) is 0 Å². The molecule has 1 aliphatic heterocycles. The lowest BCUT2D eigenvalue weighted by molar-refractivity contribution is -0.133. The first kappa shape index (κ1) is 30.3. The Hall–Kier alpha value is -4.65. The number of nitrogens with one attached hydrogen (secondary N) is 2. The fourth-order valence-corrected chi connectivity index (χ4v) is 6.03. The van der Waals surface area contributed by atoms with Crippen LogP contribution in [0.4, 0.5) is 11.4 Å². The minimum Gasteiger partial charge on any atom is -0.493 e. The van der Waals surface area contributed by atoms with E-state index in [-0.39, 0.29) is 22.4 Å². The summed E-state index contributed by atoms with van der Waals surface area (Å²) in [5, 5.41) is 5.89. The lowest BCUT2D eigenvalue weighted by Gasteiger charge is -2.31. The van der Waals surface area contributed by atoms with Crippen molar-refractivity contribution in [1.82, 2.24) is 9.88 Å². The molecule has 42 heavy (non-hydrogen) atoms. The van der Waals surface area contributed by atoms with Crippen molar-refractivity contribution in [3.63, 3.8) is 0 Å². The van der Waals surface area contributed by atoms with Crippen LogP contribution in [0.2, 0.25) is 0 Å². The topological polar surface area (TPSA) is 170 Å². The third-order valence-corrected chi connectivity index (χ3v) is 8.11. The van der Waals surface area contributed by atoms with Crippen LogP contribution in [-0.4, -0.2) is 63.0 Å². The SMILES string of the molecule is COc1ccc([C@@H](Nc2ccnc(C(N)=O)c2)C(=O)N2CCC[C@@H]2c2cc(NC(C)=O)ccc2S(C)(=O)=O)cc1OC. The number of hydrogen-bond acceptors (Lipinski definition) is 9. The number of sulfone groups is 1. The third kappa shape index (κ3) is 6.62. The van der Waals surface area contributed by atoms with E-state index in [0.717, 1.165) is 6.26 Å². The van der Waals surface area contributed by atoms with Crippen LogP contribution in [0.5, 0.6) is 11.5 Å². The molecule has 0 unspecified atom stereocenters. The molecule has 1 fully saturated rings. The van der Waals surface area contributed by atoms with Gasteiger partial charge < -0.3 is 30.7 Å². The zero-order chi connectivity index (χ0) is 30.6. The molecule has 13 heteroatoms. The molecule has 1 saturated heterocycles. The second-order valence-corrected chi connectivity index (χ2v) is 11.9. The highest BCUT2D eigenvalue weighted by atomic mass is 32.2. The summed E-state index contributed by atoms with van der Waals surface area (Å²) >= 11 is 0. The largest absolute Gasteiger partial charge is 0.493 e. The number of rotatable bonds is 10. The van der Waals surface area contributed by atoms with Gasteiger partial charge in [-0.05, 0) is 66.4 Å². The van der Waals surface area contributed by atoms with Gasteiger partial charge in [-0.3, -0.25) is 19.4 Å². The van der Waals surface area contributed by atoms with E-state index in [2.05, 4.69) is 15.6 Å². The average Bonchev–Trinajstić information content (AvgIpc) is 3.44. The molecule has 3 amide bonds. The maximum Gasteiger partial charge on any atom is 0.267 e. The second-order valence-electron chi connectivity index (χ2n) is 9.88. The van der Waals surface area contributed by atoms with Crippen LogP contribution < -0.4 is 25.8 Å². The molecule has 0 radical (unpaired) electrons. The first-order valence-corrected chi connectivity index (χ1v) is 15.0. The third-order valence-electron chi connectivity index (χ3n) is 6.94. The normalized spacial score (nSPS) is 15.5. The van der Waals surface area contributed by atoms with E-state index in [1.165, 1.54) is 45.5 Å². The number of aromatic nitrogens is 1. The summed E-state index contributed by atoms with van der Waals surface area (Å²) in [6.45, 7) is 1.73. The fourth-order valence-electron chi connectivity index (χ4n) is 5.09. The molecule has 0 saturated carbocycles. The van der Waals surface area contributed by atoms with Crippen LogP contribution in [0.3, 0.4) is 0 Å². The van der Waals surface area contributed by atoms with Crippen molar-refractivity contribution < 1.29 is 32.3 Å². The zero-order valence-electron chi connectivity index (χ0n) is 23.7. The highest BCUT2D eigenvalue weighted by Crippen LogP contribution is 2.40. The van der Waals surface area contributed by atoms with E-state index in [9.17, 15) is 22.8 Å².